The number of nitrogens with one attached hydrogen (secondary N) is 1. The predicted octanol–water partition coefficient (Wildman–Crippen LogP) is 2.44. The Morgan fingerprint density at radius 3 is 2.62 bits per heavy atom. The van der Waals surface area contributed by atoms with E-state index in [4.69, 9.17) is 4.74 Å². The lowest BCUT2D eigenvalue weighted by Crippen LogP contribution is -2.22. The second-order valence-corrected chi connectivity index (χ2v) is 5.43. The molecule has 0 aliphatic rings. The maximum atomic E-state index is 12.5. The quantitative estimate of drug-likeness (QED) is 0.730. The van der Waals surface area contributed by atoms with Crippen molar-refractivity contribution >= 4 is 17.8 Å². The van der Waals surface area contributed by atoms with Crippen LogP contribution >= 0.6 is 0 Å². The summed E-state index contributed by atoms with van der Waals surface area (Å²) in [5, 5.41) is 3.07. The Labute approximate surface area is 138 Å². The van der Waals surface area contributed by atoms with Crippen LogP contribution in [0.5, 0.6) is 5.75 Å². The number of fused-ring (bicyclic) bond motifs is 1. The van der Waals surface area contributed by atoms with Gasteiger partial charge in [-0.15, -0.1) is 0 Å². The SMILES string of the molecule is COc1ccc(CNc2nc3ccc(C)cn3c(=O)c2C=O)cc1. The predicted molar refractivity (Wildman–Crippen MR) is 91.9 cm³/mol. The summed E-state index contributed by atoms with van der Waals surface area (Å²) >= 11 is 0. The molecule has 0 amide bonds. The molecule has 0 saturated heterocycles. The number of rotatable bonds is 5. The number of methoxy groups -OCH3 is 1. The van der Waals surface area contributed by atoms with Gasteiger partial charge in [0, 0.05) is 12.7 Å². The van der Waals surface area contributed by atoms with Crippen molar-refractivity contribution in [3.63, 3.8) is 0 Å². The first-order valence-corrected chi connectivity index (χ1v) is 7.47. The maximum absolute atomic E-state index is 12.5. The molecular formula is C18H17N3O3. The molecule has 0 aliphatic carbocycles. The van der Waals surface area contributed by atoms with Crippen molar-refractivity contribution in [1.29, 1.82) is 0 Å². The fraction of sp³-hybridized carbons (Fsp3) is 0.167. The lowest BCUT2D eigenvalue weighted by molar-refractivity contribution is 0.112. The molecule has 1 N–H and O–H groups in total. The average molecular weight is 323 g/mol. The van der Waals surface area contributed by atoms with Crippen molar-refractivity contribution in [2.45, 2.75) is 13.5 Å². The van der Waals surface area contributed by atoms with Gasteiger partial charge in [-0.2, -0.15) is 0 Å². The lowest BCUT2D eigenvalue weighted by atomic mass is 10.2. The van der Waals surface area contributed by atoms with Crippen molar-refractivity contribution < 1.29 is 9.53 Å². The summed E-state index contributed by atoms with van der Waals surface area (Å²) in [6, 6.07) is 11.1. The van der Waals surface area contributed by atoms with E-state index in [1.165, 1.54) is 4.40 Å². The summed E-state index contributed by atoms with van der Waals surface area (Å²) in [5.74, 6) is 1.06. The zero-order valence-electron chi connectivity index (χ0n) is 13.4. The average Bonchev–Trinajstić information content (AvgIpc) is 2.61. The third-order valence-corrected chi connectivity index (χ3v) is 3.74. The maximum Gasteiger partial charge on any atom is 0.270 e. The summed E-state index contributed by atoms with van der Waals surface area (Å²) in [5.41, 5.74) is 2.04. The van der Waals surface area contributed by atoms with Gasteiger partial charge in [-0.1, -0.05) is 18.2 Å². The van der Waals surface area contributed by atoms with E-state index >= 15 is 0 Å². The van der Waals surface area contributed by atoms with Crippen LogP contribution in [0, 0.1) is 6.92 Å². The van der Waals surface area contributed by atoms with Gasteiger partial charge in [-0.3, -0.25) is 14.0 Å². The Balaban J connectivity index is 1.94. The molecule has 2 heterocycles. The van der Waals surface area contributed by atoms with E-state index in [-0.39, 0.29) is 16.9 Å². The van der Waals surface area contributed by atoms with E-state index in [0.717, 1.165) is 16.9 Å². The van der Waals surface area contributed by atoms with Crippen molar-refractivity contribution in [3.8, 4) is 5.75 Å². The van der Waals surface area contributed by atoms with Crippen LogP contribution < -0.4 is 15.6 Å². The summed E-state index contributed by atoms with van der Waals surface area (Å²) in [6.07, 6.45) is 2.21. The van der Waals surface area contributed by atoms with Gasteiger partial charge in [0.15, 0.2) is 6.29 Å². The van der Waals surface area contributed by atoms with Crippen LogP contribution in [0.1, 0.15) is 21.5 Å². The fourth-order valence-electron chi connectivity index (χ4n) is 2.43. The number of aldehydes is 1. The van der Waals surface area contributed by atoms with Gasteiger partial charge >= 0.3 is 0 Å². The highest BCUT2D eigenvalue weighted by Crippen LogP contribution is 2.14. The highest BCUT2D eigenvalue weighted by atomic mass is 16.5. The van der Waals surface area contributed by atoms with E-state index in [9.17, 15) is 9.59 Å². The molecule has 24 heavy (non-hydrogen) atoms. The Bertz CT molecular complexity index is 946. The van der Waals surface area contributed by atoms with Crippen LogP contribution in [0.15, 0.2) is 47.4 Å². The second kappa shape index (κ2) is 6.54. The fourth-order valence-corrected chi connectivity index (χ4v) is 2.43. The highest BCUT2D eigenvalue weighted by molar-refractivity contribution is 5.82. The van der Waals surface area contributed by atoms with Crippen molar-refractivity contribution in [2.24, 2.45) is 0 Å². The van der Waals surface area contributed by atoms with Crippen LogP contribution in [0.25, 0.3) is 5.65 Å². The number of ether oxygens (including phenoxy) is 1. The van der Waals surface area contributed by atoms with Crippen LogP contribution in [-0.4, -0.2) is 22.8 Å². The van der Waals surface area contributed by atoms with Gasteiger partial charge in [0.05, 0.1) is 7.11 Å². The minimum Gasteiger partial charge on any atom is -0.497 e. The minimum absolute atomic E-state index is 0.0200. The molecule has 3 rings (SSSR count). The molecule has 0 unspecified atom stereocenters. The summed E-state index contributed by atoms with van der Waals surface area (Å²) in [7, 11) is 1.61. The highest BCUT2D eigenvalue weighted by Gasteiger charge is 2.12. The molecule has 6 heteroatoms. The summed E-state index contributed by atoms with van der Waals surface area (Å²) < 4.78 is 6.51. The molecule has 0 aliphatic heterocycles. The first kappa shape index (κ1) is 15.7. The Hall–Kier alpha value is -3.15. The van der Waals surface area contributed by atoms with Gasteiger partial charge < -0.3 is 10.1 Å². The van der Waals surface area contributed by atoms with Crippen LogP contribution in [0.3, 0.4) is 0 Å². The first-order valence-electron chi connectivity index (χ1n) is 7.47. The van der Waals surface area contributed by atoms with Gasteiger partial charge in [0.25, 0.3) is 5.56 Å². The first-order chi connectivity index (χ1) is 11.6. The zero-order chi connectivity index (χ0) is 17.1. The Morgan fingerprint density at radius 1 is 1.21 bits per heavy atom. The third-order valence-electron chi connectivity index (χ3n) is 3.74. The zero-order valence-corrected chi connectivity index (χ0v) is 13.4. The van der Waals surface area contributed by atoms with Gasteiger partial charge in [-0.25, -0.2) is 4.98 Å². The molecule has 0 bridgehead atoms. The Kier molecular flexibility index (Phi) is 4.29. The minimum atomic E-state index is -0.379. The van der Waals surface area contributed by atoms with Crippen LogP contribution in [0.4, 0.5) is 5.82 Å². The van der Waals surface area contributed by atoms with Crippen LogP contribution in [0.2, 0.25) is 0 Å². The van der Waals surface area contributed by atoms with E-state index in [0.29, 0.717) is 18.5 Å². The summed E-state index contributed by atoms with van der Waals surface area (Å²) in [4.78, 5) is 28.2. The van der Waals surface area contributed by atoms with Crippen LogP contribution in [-0.2, 0) is 6.54 Å². The topological polar surface area (TPSA) is 72.7 Å². The molecular weight excluding hydrogens is 306 g/mol. The molecule has 0 saturated carbocycles. The number of hydrogen-bond acceptors (Lipinski definition) is 5. The number of benzene rings is 1. The molecule has 2 aromatic heterocycles. The standard InChI is InChI=1S/C18H17N3O3/c1-12-3-8-16-20-17(15(11-22)18(23)21(16)10-12)19-9-13-4-6-14(24-2)7-5-13/h3-8,10-11,19H,9H2,1-2H3. The number of hydrogen-bond donors (Lipinski definition) is 1. The molecule has 0 atom stereocenters. The number of anilines is 1. The smallest absolute Gasteiger partial charge is 0.270 e. The third kappa shape index (κ3) is 2.99. The van der Waals surface area contributed by atoms with Crippen molar-refractivity contribution in [1.82, 2.24) is 9.38 Å². The van der Waals surface area contributed by atoms with Gasteiger partial charge in [0.1, 0.15) is 22.8 Å². The molecule has 0 fully saturated rings. The number of carbonyl (C=O) groups is 1. The normalized spacial score (nSPS) is 10.6. The van der Waals surface area contributed by atoms with Gasteiger partial charge in [0.2, 0.25) is 0 Å². The number of nitrogens with zero attached hydrogens (tertiary/aromatic N) is 2. The number of aryl methyl sites for hydroxylation is 1. The number of carbonyl (C=O) groups excluding carboxylic acids is 1. The lowest BCUT2D eigenvalue weighted by Gasteiger charge is -2.10. The molecule has 122 valence electrons. The molecule has 0 spiro atoms. The second-order valence-electron chi connectivity index (χ2n) is 5.43. The van der Waals surface area contributed by atoms with E-state index in [1.807, 2.05) is 37.3 Å². The monoisotopic (exact) mass is 323 g/mol. The number of aromatic nitrogens is 2. The van der Waals surface area contributed by atoms with E-state index < -0.39 is 0 Å². The molecule has 6 nitrogen and oxygen atoms in total. The van der Waals surface area contributed by atoms with E-state index in [2.05, 4.69) is 10.3 Å². The van der Waals surface area contributed by atoms with Gasteiger partial charge in [-0.05, 0) is 36.2 Å². The van der Waals surface area contributed by atoms with E-state index in [1.54, 1.807) is 19.4 Å². The molecule has 1 aromatic carbocycles. The summed E-state index contributed by atoms with van der Waals surface area (Å²) in [6.45, 7) is 2.32. The Morgan fingerprint density at radius 2 is 1.96 bits per heavy atom. The number of pyridine rings is 1. The largest absolute Gasteiger partial charge is 0.497 e. The van der Waals surface area contributed by atoms with Crippen molar-refractivity contribution in [3.05, 3.63) is 69.6 Å². The molecule has 0 radical (unpaired) electrons. The molecule has 3 aromatic rings. The van der Waals surface area contributed by atoms with Crippen molar-refractivity contribution in [2.75, 3.05) is 12.4 Å².